The van der Waals surface area contributed by atoms with Crippen LogP contribution < -0.4 is 5.32 Å². The van der Waals surface area contributed by atoms with E-state index < -0.39 is 0 Å². The zero-order valence-corrected chi connectivity index (χ0v) is 15.3. The van der Waals surface area contributed by atoms with E-state index in [2.05, 4.69) is 10.3 Å². The molecule has 1 N–H and O–H groups in total. The minimum absolute atomic E-state index is 0.0378. The lowest BCUT2D eigenvalue weighted by atomic mass is 10.1. The molecule has 2 amide bonds. The predicted octanol–water partition coefficient (Wildman–Crippen LogP) is 3.93. The fraction of sp³-hybridized carbons (Fsp3) is 0.350. The van der Waals surface area contributed by atoms with Gasteiger partial charge in [-0.05, 0) is 55.5 Å². The Hall–Kier alpha value is -2.40. The molecule has 0 saturated carbocycles. The number of aryl methyl sites for hydroxylation is 1. The standard InChI is InChI=1S/C20H22ClN3O2/c21-18-13-16(23-19(25)9-6-15-5-4-10-22-14-15)7-8-17(18)20(26)24-11-2-1-3-12-24/h4-5,7-8,10,13-14H,1-3,6,9,11-12H2,(H,23,25). The quantitative estimate of drug-likeness (QED) is 0.866. The van der Waals surface area contributed by atoms with Crippen LogP contribution in [0.15, 0.2) is 42.7 Å². The number of halogens is 1. The maximum atomic E-state index is 12.6. The number of carbonyl (C=O) groups is 2. The number of pyridine rings is 1. The van der Waals surface area contributed by atoms with E-state index in [0.29, 0.717) is 29.1 Å². The molecule has 1 saturated heterocycles. The number of nitrogens with zero attached hydrogens (tertiary/aromatic N) is 2. The highest BCUT2D eigenvalue weighted by Gasteiger charge is 2.20. The third-order valence-electron chi connectivity index (χ3n) is 4.49. The van der Waals surface area contributed by atoms with Gasteiger partial charge in [0.05, 0.1) is 10.6 Å². The molecule has 26 heavy (non-hydrogen) atoms. The molecule has 0 spiro atoms. The van der Waals surface area contributed by atoms with Gasteiger partial charge in [-0.15, -0.1) is 0 Å². The number of amides is 2. The number of carbonyl (C=O) groups excluding carboxylic acids is 2. The van der Waals surface area contributed by atoms with E-state index in [0.717, 1.165) is 31.5 Å². The van der Waals surface area contributed by atoms with Crippen molar-refractivity contribution in [1.82, 2.24) is 9.88 Å². The highest BCUT2D eigenvalue weighted by atomic mass is 35.5. The molecule has 1 aliphatic rings. The van der Waals surface area contributed by atoms with Crippen LogP contribution in [0.5, 0.6) is 0 Å². The van der Waals surface area contributed by atoms with Gasteiger partial charge in [0.2, 0.25) is 5.91 Å². The summed E-state index contributed by atoms with van der Waals surface area (Å²) < 4.78 is 0. The Morgan fingerprint density at radius 2 is 1.96 bits per heavy atom. The lowest BCUT2D eigenvalue weighted by Gasteiger charge is -2.27. The van der Waals surface area contributed by atoms with Crippen LogP contribution in [0.25, 0.3) is 0 Å². The highest BCUT2D eigenvalue weighted by Crippen LogP contribution is 2.24. The minimum atomic E-state index is -0.0972. The van der Waals surface area contributed by atoms with Gasteiger partial charge in [-0.25, -0.2) is 0 Å². The molecule has 3 rings (SSSR count). The number of rotatable bonds is 5. The SMILES string of the molecule is O=C(CCc1cccnc1)Nc1ccc(C(=O)N2CCCCC2)c(Cl)c1. The van der Waals surface area contributed by atoms with Crippen LogP contribution in [-0.2, 0) is 11.2 Å². The van der Waals surface area contributed by atoms with Crippen molar-refractivity contribution < 1.29 is 9.59 Å². The number of aromatic nitrogens is 1. The summed E-state index contributed by atoms with van der Waals surface area (Å²) in [5, 5.41) is 3.20. The molecular weight excluding hydrogens is 350 g/mol. The molecule has 0 atom stereocenters. The van der Waals surface area contributed by atoms with Gasteiger partial charge in [-0.3, -0.25) is 14.6 Å². The summed E-state index contributed by atoms with van der Waals surface area (Å²) in [4.78, 5) is 30.6. The molecule has 2 heterocycles. The summed E-state index contributed by atoms with van der Waals surface area (Å²) in [6.45, 7) is 1.56. The molecule has 1 fully saturated rings. The molecule has 0 aliphatic carbocycles. The first-order valence-corrected chi connectivity index (χ1v) is 9.29. The number of hydrogen-bond acceptors (Lipinski definition) is 3. The van der Waals surface area contributed by atoms with Gasteiger partial charge in [0.15, 0.2) is 0 Å². The van der Waals surface area contributed by atoms with Crippen LogP contribution in [0.4, 0.5) is 5.69 Å². The number of hydrogen-bond donors (Lipinski definition) is 1. The molecule has 136 valence electrons. The highest BCUT2D eigenvalue weighted by molar-refractivity contribution is 6.34. The third kappa shape index (κ3) is 4.82. The Kier molecular flexibility index (Phi) is 6.23. The van der Waals surface area contributed by atoms with Gasteiger partial charge in [0.25, 0.3) is 5.91 Å². The molecule has 0 radical (unpaired) electrons. The van der Waals surface area contributed by atoms with E-state index in [1.54, 1.807) is 30.6 Å². The van der Waals surface area contributed by atoms with Crippen LogP contribution in [0.3, 0.4) is 0 Å². The summed E-state index contributed by atoms with van der Waals surface area (Å²) in [5.74, 6) is -0.135. The predicted molar refractivity (Wildman–Crippen MR) is 102 cm³/mol. The van der Waals surface area contributed by atoms with Crippen molar-refractivity contribution in [2.24, 2.45) is 0 Å². The number of benzene rings is 1. The van der Waals surface area contributed by atoms with E-state index in [4.69, 9.17) is 11.6 Å². The Bertz CT molecular complexity index is 774. The summed E-state index contributed by atoms with van der Waals surface area (Å²) in [6.07, 6.45) is 7.69. The average molecular weight is 372 g/mol. The summed E-state index contributed by atoms with van der Waals surface area (Å²) >= 11 is 6.29. The van der Waals surface area contributed by atoms with Crippen LogP contribution in [-0.4, -0.2) is 34.8 Å². The van der Waals surface area contributed by atoms with Gasteiger partial charge in [-0.2, -0.15) is 0 Å². The summed E-state index contributed by atoms with van der Waals surface area (Å²) in [6, 6.07) is 8.85. The van der Waals surface area contributed by atoms with Gasteiger partial charge in [-0.1, -0.05) is 17.7 Å². The minimum Gasteiger partial charge on any atom is -0.339 e. The molecule has 6 heteroatoms. The average Bonchev–Trinajstić information content (AvgIpc) is 2.67. The maximum Gasteiger partial charge on any atom is 0.255 e. The molecule has 1 aromatic carbocycles. The van der Waals surface area contributed by atoms with E-state index in [1.165, 1.54) is 6.42 Å². The Balaban J connectivity index is 1.58. The lowest BCUT2D eigenvalue weighted by Crippen LogP contribution is -2.35. The van der Waals surface area contributed by atoms with Crippen LogP contribution in [0.1, 0.15) is 41.6 Å². The normalized spacial score (nSPS) is 14.1. The van der Waals surface area contributed by atoms with E-state index in [9.17, 15) is 9.59 Å². The molecule has 0 unspecified atom stereocenters. The Morgan fingerprint density at radius 1 is 1.15 bits per heavy atom. The van der Waals surface area contributed by atoms with Crippen molar-refractivity contribution in [3.05, 3.63) is 58.9 Å². The van der Waals surface area contributed by atoms with Crippen molar-refractivity contribution in [2.75, 3.05) is 18.4 Å². The van der Waals surface area contributed by atoms with Gasteiger partial charge in [0, 0.05) is 37.6 Å². The zero-order valence-electron chi connectivity index (χ0n) is 14.6. The third-order valence-corrected chi connectivity index (χ3v) is 4.80. The first kappa shape index (κ1) is 18.4. The van der Waals surface area contributed by atoms with E-state index in [1.807, 2.05) is 17.0 Å². The number of piperidine rings is 1. The van der Waals surface area contributed by atoms with Crippen LogP contribution in [0.2, 0.25) is 5.02 Å². The molecule has 5 nitrogen and oxygen atoms in total. The van der Waals surface area contributed by atoms with E-state index in [-0.39, 0.29) is 11.8 Å². The molecular formula is C20H22ClN3O2. The maximum absolute atomic E-state index is 12.6. The zero-order chi connectivity index (χ0) is 18.4. The van der Waals surface area contributed by atoms with Crippen molar-refractivity contribution in [3.63, 3.8) is 0 Å². The fourth-order valence-electron chi connectivity index (χ4n) is 3.06. The first-order chi connectivity index (χ1) is 12.6. The van der Waals surface area contributed by atoms with Crippen LogP contribution >= 0.6 is 11.6 Å². The number of nitrogens with one attached hydrogen (secondary N) is 1. The van der Waals surface area contributed by atoms with Gasteiger partial charge < -0.3 is 10.2 Å². The van der Waals surface area contributed by atoms with Crippen molar-refractivity contribution in [2.45, 2.75) is 32.1 Å². The first-order valence-electron chi connectivity index (χ1n) is 8.91. The fourth-order valence-corrected chi connectivity index (χ4v) is 3.32. The molecule has 2 aromatic rings. The Morgan fingerprint density at radius 3 is 2.65 bits per heavy atom. The lowest BCUT2D eigenvalue weighted by molar-refractivity contribution is -0.116. The second-order valence-corrected chi connectivity index (χ2v) is 6.86. The van der Waals surface area contributed by atoms with Gasteiger partial charge in [0.1, 0.15) is 0 Å². The smallest absolute Gasteiger partial charge is 0.255 e. The van der Waals surface area contributed by atoms with Crippen LogP contribution in [0, 0.1) is 0 Å². The molecule has 0 bridgehead atoms. The van der Waals surface area contributed by atoms with Gasteiger partial charge >= 0.3 is 0 Å². The Labute approximate surface area is 158 Å². The summed E-state index contributed by atoms with van der Waals surface area (Å²) in [5.41, 5.74) is 2.10. The number of anilines is 1. The molecule has 1 aromatic heterocycles. The van der Waals surface area contributed by atoms with Crippen molar-refractivity contribution in [1.29, 1.82) is 0 Å². The van der Waals surface area contributed by atoms with Crippen molar-refractivity contribution >= 4 is 29.1 Å². The largest absolute Gasteiger partial charge is 0.339 e. The number of likely N-dealkylation sites (tertiary alicyclic amines) is 1. The van der Waals surface area contributed by atoms with E-state index >= 15 is 0 Å². The van der Waals surface area contributed by atoms with Crippen molar-refractivity contribution in [3.8, 4) is 0 Å². The monoisotopic (exact) mass is 371 g/mol. The summed E-state index contributed by atoms with van der Waals surface area (Å²) in [7, 11) is 0. The molecule has 1 aliphatic heterocycles. The second kappa shape index (κ2) is 8.81. The topological polar surface area (TPSA) is 62.3 Å². The second-order valence-electron chi connectivity index (χ2n) is 6.46.